The normalized spacial score (nSPS) is 17.4. The lowest BCUT2D eigenvalue weighted by Crippen LogP contribution is -2.06. The number of phenolic OH excluding ortho intramolecular Hbond substituents is 1. The summed E-state index contributed by atoms with van der Waals surface area (Å²) in [5, 5.41) is 16.7. The van der Waals surface area contributed by atoms with Gasteiger partial charge in [-0.15, -0.1) is 0 Å². The first-order valence-electron chi connectivity index (χ1n) is 5.70. The van der Waals surface area contributed by atoms with E-state index in [0.29, 0.717) is 11.5 Å². The maximum atomic E-state index is 9.51. The van der Waals surface area contributed by atoms with Crippen LogP contribution in [0.15, 0.2) is 30.4 Å². The van der Waals surface area contributed by atoms with Gasteiger partial charge in [0, 0.05) is 11.8 Å². The number of allylic oxidation sites excluding steroid dienone is 1. The Morgan fingerprint density at radius 3 is 2.62 bits per heavy atom. The summed E-state index contributed by atoms with van der Waals surface area (Å²) < 4.78 is 0. The largest absolute Gasteiger partial charge is 0.507 e. The van der Waals surface area contributed by atoms with E-state index in [1.807, 2.05) is 12.1 Å². The standard InChI is InChI=1S/C14H17NO/c1-10-2-4-11(5-3-10)12-6-7-14(16)13(8-12)9-15/h6-9,11,15-16H,1-5H2. The summed E-state index contributed by atoms with van der Waals surface area (Å²) in [6.45, 7) is 4.01. The maximum Gasteiger partial charge on any atom is 0.124 e. The van der Waals surface area contributed by atoms with Crippen LogP contribution in [0.5, 0.6) is 5.75 Å². The van der Waals surface area contributed by atoms with Crippen molar-refractivity contribution in [3.05, 3.63) is 41.5 Å². The molecule has 2 N–H and O–H groups in total. The van der Waals surface area contributed by atoms with Gasteiger partial charge in [-0.1, -0.05) is 18.2 Å². The summed E-state index contributed by atoms with van der Waals surface area (Å²) in [5.74, 6) is 0.753. The zero-order valence-electron chi connectivity index (χ0n) is 9.37. The van der Waals surface area contributed by atoms with Gasteiger partial charge in [-0.3, -0.25) is 0 Å². The molecule has 0 saturated heterocycles. The van der Waals surface area contributed by atoms with Crippen LogP contribution >= 0.6 is 0 Å². The lowest BCUT2D eigenvalue weighted by atomic mass is 9.82. The molecule has 1 aromatic rings. The van der Waals surface area contributed by atoms with Crippen LogP contribution in [0, 0.1) is 5.41 Å². The first-order valence-corrected chi connectivity index (χ1v) is 5.70. The van der Waals surface area contributed by atoms with Crippen molar-refractivity contribution in [3.8, 4) is 5.75 Å². The van der Waals surface area contributed by atoms with Gasteiger partial charge in [-0.25, -0.2) is 0 Å². The Labute approximate surface area is 96.1 Å². The third-order valence-corrected chi connectivity index (χ3v) is 3.37. The highest BCUT2D eigenvalue weighted by Gasteiger charge is 2.17. The molecule has 1 aliphatic carbocycles. The van der Waals surface area contributed by atoms with Crippen molar-refractivity contribution in [1.82, 2.24) is 0 Å². The third kappa shape index (κ3) is 2.16. The topological polar surface area (TPSA) is 44.1 Å². The molecule has 1 saturated carbocycles. The number of benzene rings is 1. The van der Waals surface area contributed by atoms with Crippen molar-refractivity contribution in [2.75, 3.05) is 0 Å². The van der Waals surface area contributed by atoms with Gasteiger partial charge in [0.05, 0.1) is 0 Å². The summed E-state index contributed by atoms with van der Waals surface area (Å²) in [7, 11) is 0. The molecule has 0 unspecified atom stereocenters. The second-order valence-electron chi connectivity index (χ2n) is 4.49. The van der Waals surface area contributed by atoms with Crippen LogP contribution in [-0.2, 0) is 0 Å². The fourth-order valence-electron chi connectivity index (χ4n) is 2.30. The van der Waals surface area contributed by atoms with Crippen molar-refractivity contribution in [1.29, 1.82) is 5.41 Å². The van der Waals surface area contributed by atoms with Crippen LogP contribution in [0.1, 0.15) is 42.7 Å². The van der Waals surface area contributed by atoms with Crippen LogP contribution in [0.4, 0.5) is 0 Å². The Morgan fingerprint density at radius 1 is 1.31 bits per heavy atom. The lowest BCUT2D eigenvalue weighted by molar-refractivity contribution is 0.472. The van der Waals surface area contributed by atoms with E-state index in [-0.39, 0.29) is 5.75 Å². The minimum atomic E-state index is 0.193. The van der Waals surface area contributed by atoms with Gasteiger partial charge in [-0.05, 0) is 49.3 Å². The van der Waals surface area contributed by atoms with E-state index in [1.54, 1.807) is 6.07 Å². The second-order valence-corrected chi connectivity index (χ2v) is 4.49. The number of rotatable bonds is 2. The minimum absolute atomic E-state index is 0.193. The molecule has 0 radical (unpaired) electrons. The SMILES string of the molecule is C=C1CCC(c2ccc(O)c(C=N)c2)CC1. The smallest absolute Gasteiger partial charge is 0.124 e. The molecule has 0 aliphatic heterocycles. The Balaban J connectivity index is 2.20. The molecule has 2 nitrogen and oxygen atoms in total. The molecular weight excluding hydrogens is 198 g/mol. The predicted molar refractivity (Wildman–Crippen MR) is 66.3 cm³/mol. The average molecular weight is 215 g/mol. The van der Waals surface area contributed by atoms with Crippen molar-refractivity contribution < 1.29 is 5.11 Å². The third-order valence-electron chi connectivity index (χ3n) is 3.37. The van der Waals surface area contributed by atoms with Gasteiger partial charge < -0.3 is 10.5 Å². The molecular formula is C14H17NO. The molecule has 0 bridgehead atoms. The molecule has 0 spiro atoms. The van der Waals surface area contributed by atoms with Gasteiger partial charge >= 0.3 is 0 Å². The fourth-order valence-corrected chi connectivity index (χ4v) is 2.30. The number of aromatic hydroxyl groups is 1. The Kier molecular flexibility index (Phi) is 3.09. The summed E-state index contributed by atoms with van der Waals surface area (Å²) in [4.78, 5) is 0. The Morgan fingerprint density at radius 2 is 2.00 bits per heavy atom. The predicted octanol–water partition coefficient (Wildman–Crippen LogP) is 3.60. The average Bonchev–Trinajstić information content (AvgIpc) is 2.31. The number of hydrogen-bond acceptors (Lipinski definition) is 2. The van der Waals surface area contributed by atoms with Gasteiger partial charge in [0.25, 0.3) is 0 Å². The highest BCUT2D eigenvalue weighted by atomic mass is 16.3. The molecule has 1 fully saturated rings. The molecule has 16 heavy (non-hydrogen) atoms. The van der Waals surface area contributed by atoms with Crippen LogP contribution in [-0.4, -0.2) is 11.3 Å². The summed E-state index contributed by atoms with van der Waals surface area (Å²) in [5.41, 5.74) is 3.20. The highest BCUT2D eigenvalue weighted by molar-refractivity contribution is 5.81. The number of hydrogen-bond donors (Lipinski definition) is 2. The lowest BCUT2D eigenvalue weighted by Gasteiger charge is -2.24. The molecule has 0 amide bonds. The van der Waals surface area contributed by atoms with Crippen LogP contribution in [0.2, 0.25) is 0 Å². The maximum absolute atomic E-state index is 9.51. The van der Waals surface area contributed by atoms with Crippen molar-refractivity contribution in [3.63, 3.8) is 0 Å². The highest BCUT2D eigenvalue weighted by Crippen LogP contribution is 2.35. The van der Waals surface area contributed by atoms with Gasteiger partial charge in [0.15, 0.2) is 0 Å². The van der Waals surface area contributed by atoms with Gasteiger partial charge in [0.1, 0.15) is 5.75 Å². The zero-order valence-corrected chi connectivity index (χ0v) is 9.37. The first-order chi connectivity index (χ1) is 7.70. The Hall–Kier alpha value is -1.57. The van der Waals surface area contributed by atoms with E-state index in [9.17, 15) is 5.11 Å². The molecule has 2 rings (SSSR count). The van der Waals surface area contributed by atoms with Crippen molar-refractivity contribution in [2.45, 2.75) is 31.6 Å². The first kappa shape index (κ1) is 10.9. The van der Waals surface area contributed by atoms with Crippen LogP contribution in [0.3, 0.4) is 0 Å². The van der Waals surface area contributed by atoms with Gasteiger partial charge in [0.2, 0.25) is 0 Å². The fraction of sp³-hybridized carbons (Fsp3) is 0.357. The van der Waals surface area contributed by atoms with E-state index < -0.39 is 0 Å². The second kappa shape index (κ2) is 4.52. The molecule has 1 aromatic carbocycles. The molecule has 1 aliphatic rings. The molecule has 0 heterocycles. The molecule has 2 heteroatoms. The number of phenols is 1. The van der Waals surface area contributed by atoms with E-state index >= 15 is 0 Å². The van der Waals surface area contributed by atoms with E-state index in [4.69, 9.17) is 5.41 Å². The summed E-state index contributed by atoms with van der Waals surface area (Å²) >= 11 is 0. The van der Waals surface area contributed by atoms with E-state index in [0.717, 1.165) is 25.7 Å². The summed E-state index contributed by atoms with van der Waals surface area (Å²) in [6, 6.07) is 5.60. The molecule has 84 valence electrons. The summed E-state index contributed by atoms with van der Waals surface area (Å²) in [6.07, 6.45) is 5.69. The van der Waals surface area contributed by atoms with E-state index in [2.05, 4.69) is 6.58 Å². The van der Waals surface area contributed by atoms with Crippen molar-refractivity contribution >= 4 is 6.21 Å². The minimum Gasteiger partial charge on any atom is -0.507 e. The zero-order chi connectivity index (χ0) is 11.5. The quantitative estimate of drug-likeness (QED) is 0.574. The van der Waals surface area contributed by atoms with E-state index in [1.165, 1.54) is 17.4 Å². The van der Waals surface area contributed by atoms with Crippen LogP contribution < -0.4 is 0 Å². The van der Waals surface area contributed by atoms with Crippen LogP contribution in [0.25, 0.3) is 0 Å². The molecule has 0 aromatic heterocycles. The van der Waals surface area contributed by atoms with Crippen molar-refractivity contribution in [2.24, 2.45) is 0 Å². The number of nitrogens with one attached hydrogen (secondary N) is 1. The molecule has 0 atom stereocenters. The monoisotopic (exact) mass is 215 g/mol. The van der Waals surface area contributed by atoms with Gasteiger partial charge in [-0.2, -0.15) is 0 Å². The Bertz CT molecular complexity index is 413.